The molecule has 0 nitrogen and oxygen atoms in total. The fraction of sp³-hybridized carbons (Fsp3) is 0.270. The van der Waals surface area contributed by atoms with E-state index in [1.165, 1.54) is 116 Å². The number of allylic oxidation sites excluding steroid dienone is 34. The number of rotatable bonds is 8. The maximum atomic E-state index is 2.75. The number of benzene rings is 3. The van der Waals surface area contributed by atoms with Crippen molar-refractivity contribution < 1.29 is 0 Å². The van der Waals surface area contributed by atoms with Crippen LogP contribution in [0.25, 0.3) is 51.3 Å². The number of hydrogen-bond donors (Lipinski definition) is 0. The van der Waals surface area contributed by atoms with Crippen molar-refractivity contribution in [3.05, 3.63) is 265 Å². The molecule has 0 N–H and O–H groups in total. The first-order valence-electron chi connectivity index (χ1n) is 28.5. The van der Waals surface area contributed by atoms with Gasteiger partial charge < -0.3 is 0 Å². The molecule has 0 aromatic heterocycles. The van der Waals surface area contributed by atoms with Gasteiger partial charge in [-0.25, -0.2) is 0 Å². The quantitative estimate of drug-likeness (QED) is 0.211. The van der Waals surface area contributed by atoms with Crippen LogP contribution in [0.3, 0.4) is 0 Å². The molecule has 0 spiro atoms. The molecular weight excluding hydrogens is 889 g/mol. The lowest BCUT2D eigenvalue weighted by Gasteiger charge is -2.34. The van der Waals surface area contributed by atoms with E-state index in [2.05, 4.69) is 207 Å². The van der Waals surface area contributed by atoms with Crippen LogP contribution in [-0.2, 0) is 0 Å². The molecule has 6 atom stereocenters. The highest BCUT2D eigenvalue weighted by Crippen LogP contribution is 2.47. The molecule has 74 heavy (non-hydrogen) atoms. The second-order valence-electron chi connectivity index (χ2n) is 22.8. The summed E-state index contributed by atoms with van der Waals surface area (Å²) in [4.78, 5) is 0. The van der Waals surface area contributed by atoms with Crippen molar-refractivity contribution in [1.82, 2.24) is 0 Å². The lowest BCUT2D eigenvalue weighted by molar-refractivity contribution is 0.464. The van der Waals surface area contributed by atoms with Crippen molar-refractivity contribution in [2.24, 2.45) is 35.5 Å². The summed E-state index contributed by atoms with van der Waals surface area (Å²) in [5.41, 5.74) is 20.5. The molecule has 0 heteroatoms. The van der Waals surface area contributed by atoms with Gasteiger partial charge in [0.25, 0.3) is 0 Å². The van der Waals surface area contributed by atoms with Crippen LogP contribution in [-0.4, -0.2) is 0 Å². The zero-order valence-electron chi connectivity index (χ0n) is 43.0. The van der Waals surface area contributed by atoms with E-state index in [0.717, 1.165) is 83.5 Å². The molecule has 14 rings (SSSR count). The third-order valence-corrected chi connectivity index (χ3v) is 18.4. The van der Waals surface area contributed by atoms with Crippen molar-refractivity contribution in [2.45, 2.75) is 89.9 Å². The van der Waals surface area contributed by atoms with Gasteiger partial charge in [0.15, 0.2) is 0 Å². The lowest BCUT2D eigenvalue weighted by atomic mass is 9.70. The van der Waals surface area contributed by atoms with Gasteiger partial charge in [0.1, 0.15) is 0 Å². The van der Waals surface area contributed by atoms with Crippen LogP contribution in [0.15, 0.2) is 238 Å². The van der Waals surface area contributed by atoms with Crippen molar-refractivity contribution >= 4 is 40.1 Å². The summed E-state index contributed by atoms with van der Waals surface area (Å²) in [5, 5.41) is 8.50. The molecular formula is C74H68. The molecule has 0 saturated heterocycles. The van der Waals surface area contributed by atoms with Crippen LogP contribution >= 0.6 is 0 Å². The fourth-order valence-corrected chi connectivity index (χ4v) is 14.7. The minimum Gasteiger partial charge on any atom is -0.0842 e. The van der Waals surface area contributed by atoms with Crippen molar-refractivity contribution in [1.29, 1.82) is 0 Å². The Morgan fingerprint density at radius 1 is 0.419 bits per heavy atom. The molecule has 11 aliphatic carbocycles. The summed E-state index contributed by atoms with van der Waals surface area (Å²) in [6.45, 7) is 0. The van der Waals surface area contributed by atoms with Gasteiger partial charge in [-0.1, -0.05) is 207 Å². The Bertz CT molecular complexity index is 3730. The number of hydrogen-bond acceptors (Lipinski definition) is 0. The summed E-state index contributed by atoms with van der Waals surface area (Å²) >= 11 is 0. The Labute approximate surface area is 439 Å². The summed E-state index contributed by atoms with van der Waals surface area (Å²) in [6, 6.07) is 16.7. The minimum atomic E-state index is 0.324. The van der Waals surface area contributed by atoms with E-state index < -0.39 is 0 Å². The topological polar surface area (TPSA) is 0 Å². The molecule has 0 fully saturated rings. The third-order valence-electron chi connectivity index (χ3n) is 18.4. The first-order chi connectivity index (χ1) is 36.7. The van der Waals surface area contributed by atoms with Crippen LogP contribution < -0.4 is 20.9 Å². The van der Waals surface area contributed by atoms with Crippen LogP contribution in [0.2, 0.25) is 0 Å². The average Bonchev–Trinajstić information content (AvgIpc) is 3.52. The normalized spacial score (nSPS) is 27.4. The first kappa shape index (κ1) is 45.6. The summed E-state index contributed by atoms with van der Waals surface area (Å²) < 4.78 is 0. The SMILES string of the molecule is C1=CCCC(C2=CC(C3=CC(C4C=C(C5=CCCC=C5)C=C(C5=CC=CCC5)C4)CC(c4c5c(c(-c6cccc7c6=CCC6CC8C=CC=CC8=CC=76)c6ccccc46)=CCCC=5)=C3)=CC(C3C=CC=CC3)C2)=C1. The molecule has 3 aromatic rings. The van der Waals surface area contributed by atoms with Crippen LogP contribution in [0, 0.1) is 35.5 Å². The maximum Gasteiger partial charge on any atom is 0.00271 e. The van der Waals surface area contributed by atoms with Crippen molar-refractivity contribution in [2.75, 3.05) is 0 Å². The van der Waals surface area contributed by atoms with Crippen molar-refractivity contribution in [3.63, 3.8) is 0 Å². The zero-order valence-corrected chi connectivity index (χ0v) is 43.0. The Hall–Kier alpha value is -7.02. The van der Waals surface area contributed by atoms with E-state index in [0.29, 0.717) is 35.5 Å². The smallest absolute Gasteiger partial charge is 0.00271 e. The highest BCUT2D eigenvalue weighted by molar-refractivity contribution is 6.04. The minimum absolute atomic E-state index is 0.324. The van der Waals surface area contributed by atoms with Gasteiger partial charge in [0.05, 0.1) is 0 Å². The van der Waals surface area contributed by atoms with Gasteiger partial charge in [0, 0.05) is 5.92 Å². The van der Waals surface area contributed by atoms with Gasteiger partial charge in [-0.15, -0.1) is 0 Å². The Morgan fingerprint density at radius 3 is 1.77 bits per heavy atom. The fourth-order valence-electron chi connectivity index (χ4n) is 14.7. The van der Waals surface area contributed by atoms with Gasteiger partial charge >= 0.3 is 0 Å². The van der Waals surface area contributed by atoms with Gasteiger partial charge in [-0.05, 0) is 229 Å². The average molecular weight is 957 g/mol. The molecule has 0 saturated carbocycles. The molecule has 3 aromatic carbocycles. The van der Waals surface area contributed by atoms with E-state index in [1.807, 2.05) is 0 Å². The molecule has 364 valence electrons. The highest BCUT2D eigenvalue weighted by Gasteiger charge is 2.33. The zero-order chi connectivity index (χ0) is 49.0. The standard InChI is InChI=1S/C74H68/c1-5-20-49(21-6-1)56-39-57(50-22-7-2-8-23-50)42-60(41-56)62-45-63(61-43-58(51-24-9-3-10-25-51)40-59(44-61)52-26-11-4-12-27-52)47-64(46-62)73-68-30-15-17-32-70(68)74(71-33-18-16-31-69(71)73)67-35-19-34-65-66(67)37-36-55-38-53-28-13-14-29-54(53)48-72(55)65/h1-3,5-7,9,11,13-15,17,19-20,22,24,26-35,37,40-42,44-46,48-49,53,55-56,61,63H,4,8,10,12,16,18,21,23,25,36,38-39,43,47H2. The number of fused-ring (bicyclic) bond motifs is 5. The molecule has 11 aliphatic rings. The van der Waals surface area contributed by atoms with Crippen LogP contribution in [0.5, 0.6) is 0 Å². The highest BCUT2D eigenvalue weighted by atomic mass is 14.4. The van der Waals surface area contributed by atoms with E-state index in [1.54, 1.807) is 0 Å². The van der Waals surface area contributed by atoms with E-state index in [4.69, 9.17) is 0 Å². The predicted molar refractivity (Wildman–Crippen MR) is 315 cm³/mol. The molecule has 0 heterocycles. The summed E-state index contributed by atoms with van der Waals surface area (Å²) in [5.74, 6) is 2.73. The van der Waals surface area contributed by atoms with Gasteiger partial charge in [-0.3, -0.25) is 0 Å². The van der Waals surface area contributed by atoms with E-state index in [9.17, 15) is 0 Å². The molecule has 0 bridgehead atoms. The molecule has 0 radical (unpaired) electrons. The summed E-state index contributed by atoms with van der Waals surface area (Å²) in [7, 11) is 0. The van der Waals surface area contributed by atoms with E-state index >= 15 is 0 Å². The Kier molecular flexibility index (Phi) is 12.1. The van der Waals surface area contributed by atoms with Gasteiger partial charge in [0.2, 0.25) is 0 Å². The second-order valence-corrected chi connectivity index (χ2v) is 22.8. The van der Waals surface area contributed by atoms with E-state index in [-0.39, 0.29) is 0 Å². The van der Waals surface area contributed by atoms with Crippen molar-refractivity contribution in [3.8, 4) is 11.1 Å². The maximum absolute atomic E-state index is 2.75. The molecule has 0 aliphatic heterocycles. The van der Waals surface area contributed by atoms with Gasteiger partial charge in [-0.2, -0.15) is 0 Å². The lowest BCUT2D eigenvalue weighted by Crippen LogP contribution is -2.39. The second kappa shape index (κ2) is 19.7. The summed E-state index contributed by atoms with van der Waals surface area (Å²) in [6.07, 6.45) is 81.8. The molecule has 6 unspecified atom stereocenters. The first-order valence-corrected chi connectivity index (χ1v) is 28.5. The Morgan fingerprint density at radius 2 is 1.08 bits per heavy atom. The third kappa shape index (κ3) is 8.49. The monoisotopic (exact) mass is 957 g/mol. The molecule has 0 amide bonds. The predicted octanol–water partition coefficient (Wildman–Crippen LogP) is 15.9. The largest absolute Gasteiger partial charge is 0.0842 e. The van der Waals surface area contributed by atoms with Crippen LogP contribution in [0.1, 0.15) is 95.5 Å². The Balaban J connectivity index is 0.963. The van der Waals surface area contributed by atoms with Crippen LogP contribution in [0.4, 0.5) is 0 Å².